The molecule has 0 aliphatic heterocycles. The second-order valence-electron chi connectivity index (χ2n) is 5.12. The maximum atomic E-state index is 13.1. The van der Waals surface area contributed by atoms with Gasteiger partial charge in [-0.25, -0.2) is 21.9 Å². The Morgan fingerprint density at radius 2 is 1.73 bits per heavy atom. The van der Waals surface area contributed by atoms with Crippen molar-refractivity contribution in [1.29, 1.82) is 0 Å². The van der Waals surface area contributed by atoms with Crippen LogP contribution in [0.4, 0.5) is 8.78 Å². The van der Waals surface area contributed by atoms with Gasteiger partial charge in [0.05, 0.1) is 4.90 Å². The van der Waals surface area contributed by atoms with Gasteiger partial charge in [-0.15, -0.1) is 0 Å². The topological polar surface area (TPSA) is 46.2 Å². The fourth-order valence-electron chi connectivity index (χ4n) is 2.06. The van der Waals surface area contributed by atoms with Crippen molar-refractivity contribution < 1.29 is 17.2 Å². The highest BCUT2D eigenvalue weighted by molar-refractivity contribution is 7.89. The molecule has 0 unspecified atom stereocenters. The van der Waals surface area contributed by atoms with Crippen LogP contribution in [0, 0.1) is 11.6 Å². The van der Waals surface area contributed by atoms with Crippen LogP contribution in [0.1, 0.15) is 18.9 Å². The van der Waals surface area contributed by atoms with Gasteiger partial charge in [-0.3, -0.25) is 0 Å². The summed E-state index contributed by atoms with van der Waals surface area (Å²) in [5.74, 6) is -2.25. The fourth-order valence-corrected chi connectivity index (χ4v) is 3.35. The molecule has 118 valence electrons. The maximum Gasteiger partial charge on any atom is 0.240 e. The maximum absolute atomic E-state index is 13.1. The van der Waals surface area contributed by atoms with Gasteiger partial charge >= 0.3 is 0 Å². The Hall–Kier alpha value is -1.79. The minimum absolute atomic E-state index is 0.280. The number of aryl methyl sites for hydroxylation is 1. The smallest absolute Gasteiger partial charge is 0.208 e. The molecule has 0 spiro atoms. The minimum atomic E-state index is -3.86. The normalized spacial score (nSPS) is 13.0. The highest BCUT2D eigenvalue weighted by Crippen LogP contribution is 2.15. The van der Waals surface area contributed by atoms with E-state index in [2.05, 4.69) is 4.72 Å². The molecule has 0 aliphatic carbocycles. The Bertz CT molecular complexity index is 733. The van der Waals surface area contributed by atoms with E-state index in [1.165, 1.54) is 0 Å². The van der Waals surface area contributed by atoms with E-state index >= 15 is 0 Å². The van der Waals surface area contributed by atoms with Crippen LogP contribution < -0.4 is 4.72 Å². The molecular weight excluding hydrogens is 308 g/mol. The van der Waals surface area contributed by atoms with Crippen LogP contribution in [0.3, 0.4) is 0 Å². The number of benzene rings is 2. The molecule has 0 heterocycles. The molecule has 22 heavy (non-hydrogen) atoms. The number of halogens is 2. The Morgan fingerprint density at radius 3 is 2.36 bits per heavy atom. The lowest BCUT2D eigenvalue weighted by molar-refractivity contribution is 0.503. The Balaban J connectivity index is 2.00. The second-order valence-corrected chi connectivity index (χ2v) is 6.84. The molecular formula is C16H17F2NO2S. The van der Waals surface area contributed by atoms with E-state index in [0.717, 1.165) is 24.1 Å². The summed E-state index contributed by atoms with van der Waals surface area (Å²) in [6.45, 7) is 1.74. The SMILES string of the molecule is C[C@@H](CCc1ccccc1)NS(=O)(=O)c1ccc(F)c(F)c1. The molecule has 2 rings (SSSR count). The molecule has 0 amide bonds. The Labute approximate surface area is 129 Å². The molecule has 6 heteroatoms. The number of rotatable bonds is 6. The van der Waals surface area contributed by atoms with Gasteiger partial charge in [0.2, 0.25) is 10.0 Å². The van der Waals surface area contributed by atoms with Gasteiger partial charge in [0.25, 0.3) is 0 Å². The lowest BCUT2D eigenvalue weighted by Crippen LogP contribution is -2.33. The summed E-state index contributed by atoms with van der Waals surface area (Å²) in [5, 5.41) is 0. The highest BCUT2D eigenvalue weighted by Gasteiger charge is 2.19. The van der Waals surface area contributed by atoms with Crippen LogP contribution in [0.5, 0.6) is 0 Å². The summed E-state index contributed by atoms with van der Waals surface area (Å²) in [7, 11) is -3.86. The molecule has 3 nitrogen and oxygen atoms in total. The first kappa shape index (κ1) is 16.6. The van der Waals surface area contributed by atoms with Gasteiger partial charge in [-0.05, 0) is 43.5 Å². The third-order valence-electron chi connectivity index (χ3n) is 3.27. The zero-order chi connectivity index (χ0) is 16.2. The third kappa shape index (κ3) is 4.35. The lowest BCUT2D eigenvalue weighted by Gasteiger charge is -2.14. The van der Waals surface area contributed by atoms with Crippen LogP contribution in [0.15, 0.2) is 53.4 Å². The van der Waals surface area contributed by atoms with Crippen molar-refractivity contribution in [2.75, 3.05) is 0 Å². The van der Waals surface area contributed by atoms with Crippen molar-refractivity contribution in [2.24, 2.45) is 0 Å². The first-order valence-electron chi connectivity index (χ1n) is 6.90. The first-order chi connectivity index (χ1) is 10.4. The Kier molecular flexibility index (Phi) is 5.26. The van der Waals surface area contributed by atoms with E-state index in [4.69, 9.17) is 0 Å². The zero-order valence-electron chi connectivity index (χ0n) is 12.1. The van der Waals surface area contributed by atoms with Crippen LogP contribution in [-0.2, 0) is 16.4 Å². The summed E-state index contributed by atoms with van der Waals surface area (Å²) in [6, 6.07) is 11.9. The molecule has 2 aromatic carbocycles. The average molecular weight is 325 g/mol. The van der Waals surface area contributed by atoms with Gasteiger partial charge in [0.15, 0.2) is 11.6 Å². The van der Waals surface area contributed by atoms with Gasteiger partial charge < -0.3 is 0 Å². The second kappa shape index (κ2) is 6.98. The summed E-state index contributed by atoms with van der Waals surface area (Å²) in [6.07, 6.45) is 1.33. The molecule has 2 aromatic rings. The van der Waals surface area contributed by atoms with Crippen molar-refractivity contribution in [3.8, 4) is 0 Å². The molecule has 0 aliphatic rings. The van der Waals surface area contributed by atoms with Crippen LogP contribution >= 0.6 is 0 Å². The third-order valence-corrected chi connectivity index (χ3v) is 4.85. The van der Waals surface area contributed by atoms with E-state index in [-0.39, 0.29) is 10.9 Å². The van der Waals surface area contributed by atoms with Crippen LogP contribution in [-0.4, -0.2) is 14.5 Å². The number of sulfonamides is 1. The van der Waals surface area contributed by atoms with Crippen LogP contribution in [0.2, 0.25) is 0 Å². The van der Waals surface area contributed by atoms with E-state index < -0.39 is 21.7 Å². The van der Waals surface area contributed by atoms with Gasteiger partial charge in [-0.1, -0.05) is 30.3 Å². The van der Waals surface area contributed by atoms with Gasteiger partial charge in [0.1, 0.15) is 0 Å². The number of hydrogen-bond donors (Lipinski definition) is 1. The van der Waals surface area contributed by atoms with Crippen molar-refractivity contribution >= 4 is 10.0 Å². The molecule has 0 aromatic heterocycles. The summed E-state index contributed by atoms with van der Waals surface area (Å²) in [4.78, 5) is -0.280. The zero-order valence-corrected chi connectivity index (χ0v) is 12.9. The standard InChI is InChI=1S/C16H17F2NO2S/c1-12(7-8-13-5-3-2-4-6-13)19-22(20,21)14-9-10-15(17)16(18)11-14/h2-6,9-12,19H,7-8H2,1H3/t12-/m0/s1. The summed E-state index contributed by atoms with van der Waals surface area (Å²) < 4.78 is 52.7. The van der Waals surface area contributed by atoms with Crippen LogP contribution in [0.25, 0.3) is 0 Å². The first-order valence-corrected chi connectivity index (χ1v) is 8.38. The molecule has 1 atom stereocenters. The number of hydrogen-bond acceptors (Lipinski definition) is 2. The van der Waals surface area contributed by atoms with E-state index in [1.807, 2.05) is 30.3 Å². The Morgan fingerprint density at radius 1 is 1.05 bits per heavy atom. The lowest BCUT2D eigenvalue weighted by atomic mass is 10.1. The van der Waals surface area contributed by atoms with Gasteiger partial charge in [0, 0.05) is 6.04 Å². The minimum Gasteiger partial charge on any atom is -0.208 e. The molecule has 0 bridgehead atoms. The van der Waals surface area contributed by atoms with Gasteiger partial charge in [-0.2, -0.15) is 0 Å². The van der Waals surface area contributed by atoms with Crippen molar-refractivity contribution in [1.82, 2.24) is 4.72 Å². The largest absolute Gasteiger partial charge is 0.240 e. The monoisotopic (exact) mass is 325 g/mol. The predicted octanol–water partition coefficient (Wildman–Crippen LogP) is 3.26. The van der Waals surface area contributed by atoms with Crippen molar-refractivity contribution in [3.05, 3.63) is 65.7 Å². The molecule has 1 N–H and O–H groups in total. The average Bonchev–Trinajstić information content (AvgIpc) is 2.48. The van der Waals surface area contributed by atoms with E-state index in [1.54, 1.807) is 6.92 Å². The predicted molar refractivity (Wildman–Crippen MR) is 80.9 cm³/mol. The highest BCUT2D eigenvalue weighted by atomic mass is 32.2. The molecule has 0 saturated heterocycles. The van der Waals surface area contributed by atoms with E-state index in [0.29, 0.717) is 12.5 Å². The molecule has 0 saturated carbocycles. The summed E-state index contributed by atoms with van der Waals surface area (Å²) in [5.41, 5.74) is 1.11. The quantitative estimate of drug-likeness (QED) is 0.886. The fraction of sp³-hybridized carbons (Fsp3) is 0.250. The number of nitrogens with one attached hydrogen (secondary N) is 1. The summed E-state index contributed by atoms with van der Waals surface area (Å²) >= 11 is 0. The van der Waals surface area contributed by atoms with E-state index in [9.17, 15) is 17.2 Å². The molecule has 0 fully saturated rings. The molecule has 0 radical (unpaired) electrons. The van der Waals surface area contributed by atoms with Crippen molar-refractivity contribution in [2.45, 2.75) is 30.7 Å². The van der Waals surface area contributed by atoms with Crippen molar-refractivity contribution in [3.63, 3.8) is 0 Å².